The number of benzene rings is 1. The minimum Gasteiger partial charge on any atom is -0.465 e. The number of nitrogen functional groups attached to an aromatic ring is 1. The van der Waals surface area contributed by atoms with Crippen molar-refractivity contribution in [1.29, 1.82) is 0 Å². The van der Waals surface area contributed by atoms with Gasteiger partial charge in [0.1, 0.15) is 6.42 Å². The molecule has 18 heavy (non-hydrogen) atoms. The lowest BCUT2D eigenvalue weighted by Gasteiger charge is -2.07. The minimum absolute atomic E-state index is 0.0964. The summed E-state index contributed by atoms with van der Waals surface area (Å²) < 4.78 is 4.80. The number of nitrogens with two attached hydrogens (primary N) is 1. The van der Waals surface area contributed by atoms with Crippen LogP contribution >= 0.6 is 0 Å². The molecule has 0 saturated carbocycles. The lowest BCUT2D eigenvalue weighted by atomic mass is 10.00. The van der Waals surface area contributed by atoms with E-state index < -0.39 is 0 Å². The fourth-order valence-electron chi connectivity index (χ4n) is 1.46. The predicted octanol–water partition coefficient (Wildman–Crippen LogP) is 2.70. The lowest BCUT2D eigenvalue weighted by molar-refractivity contribution is -0.141. The van der Waals surface area contributed by atoms with Crippen molar-refractivity contribution in [1.82, 2.24) is 0 Å². The van der Waals surface area contributed by atoms with Crippen molar-refractivity contribution in [2.24, 2.45) is 0 Å². The highest BCUT2D eigenvalue weighted by atomic mass is 16.5. The molecule has 1 aromatic carbocycles. The van der Waals surface area contributed by atoms with E-state index in [0.717, 1.165) is 5.56 Å². The third-order valence-electron chi connectivity index (χ3n) is 2.51. The Labute approximate surface area is 108 Å². The van der Waals surface area contributed by atoms with E-state index in [9.17, 15) is 4.79 Å². The highest BCUT2D eigenvalue weighted by Crippen LogP contribution is 2.19. The number of anilines is 1. The molecule has 0 heterocycles. The van der Waals surface area contributed by atoms with E-state index in [2.05, 4.69) is 25.7 Å². The largest absolute Gasteiger partial charge is 0.465 e. The summed E-state index contributed by atoms with van der Waals surface area (Å²) in [6.45, 7) is 6.38. The Bertz CT molecular complexity index is 481. The molecular formula is C15H19NO2. The molecule has 0 aliphatic heterocycles. The van der Waals surface area contributed by atoms with Crippen molar-refractivity contribution < 1.29 is 9.53 Å². The van der Waals surface area contributed by atoms with Crippen molar-refractivity contribution in [3.63, 3.8) is 0 Å². The number of hydrogen-bond acceptors (Lipinski definition) is 3. The van der Waals surface area contributed by atoms with Crippen LogP contribution in [-0.2, 0) is 9.53 Å². The third-order valence-corrected chi connectivity index (χ3v) is 2.51. The van der Waals surface area contributed by atoms with Gasteiger partial charge in [0.15, 0.2) is 0 Å². The Morgan fingerprint density at radius 2 is 2.17 bits per heavy atom. The van der Waals surface area contributed by atoms with Gasteiger partial charge in [0, 0.05) is 11.3 Å². The number of ether oxygens (including phenoxy) is 1. The molecule has 0 radical (unpaired) electrons. The van der Waals surface area contributed by atoms with Gasteiger partial charge in [-0.3, -0.25) is 4.79 Å². The second kappa shape index (κ2) is 6.70. The van der Waals surface area contributed by atoms with Crippen LogP contribution < -0.4 is 5.73 Å². The zero-order chi connectivity index (χ0) is 13.5. The summed E-state index contributed by atoms with van der Waals surface area (Å²) in [6.07, 6.45) is 0.0964. The summed E-state index contributed by atoms with van der Waals surface area (Å²) >= 11 is 0. The average Bonchev–Trinajstić information content (AvgIpc) is 2.31. The fourth-order valence-corrected chi connectivity index (χ4v) is 1.46. The van der Waals surface area contributed by atoms with Gasteiger partial charge in [0.2, 0.25) is 0 Å². The maximum absolute atomic E-state index is 11.1. The maximum atomic E-state index is 11.1. The van der Waals surface area contributed by atoms with E-state index in [1.165, 1.54) is 5.56 Å². The van der Waals surface area contributed by atoms with Gasteiger partial charge in [0.05, 0.1) is 6.61 Å². The summed E-state index contributed by atoms with van der Waals surface area (Å²) in [6, 6.07) is 5.82. The molecule has 2 N–H and O–H groups in total. The molecule has 0 bridgehead atoms. The van der Waals surface area contributed by atoms with Gasteiger partial charge in [-0.25, -0.2) is 0 Å². The average molecular weight is 245 g/mol. The molecule has 96 valence electrons. The third kappa shape index (κ3) is 4.14. The standard InChI is InChI=1S/C15H19NO2/c1-4-18-15(17)7-5-6-13-10-12(11(2)3)8-9-14(13)16/h8-11H,4,7,16H2,1-3H3. The number of rotatable bonds is 3. The van der Waals surface area contributed by atoms with Crippen LogP contribution in [-0.4, -0.2) is 12.6 Å². The molecule has 0 atom stereocenters. The molecule has 0 unspecified atom stereocenters. The molecule has 1 aromatic rings. The predicted molar refractivity (Wildman–Crippen MR) is 73.1 cm³/mol. The van der Waals surface area contributed by atoms with Gasteiger partial charge in [-0.1, -0.05) is 31.8 Å². The van der Waals surface area contributed by atoms with E-state index in [4.69, 9.17) is 10.5 Å². The summed E-state index contributed by atoms with van der Waals surface area (Å²) in [5, 5.41) is 0. The fraction of sp³-hybridized carbons (Fsp3) is 0.400. The van der Waals surface area contributed by atoms with Crippen molar-refractivity contribution in [2.45, 2.75) is 33.1 Å². The highest BCUT2D eigenvalue weighted by molar-refractivity contribution is 5.73. The van der Waals surface area contributed by atoms with Crippen molar-refractivity contribution in [3.05, 3.63) is 29.3 Å². The molecule has 3 heteroatoms. The molecule has 3 nitrogen and oxygen atoms in total. The normalized spacial score (nSPS) is 9.78. The van der Waals surface area contributed by atoms with Gasteiger partial charge in [0.25, 0.3) is 0 Å². The topological polar surface area (TPSA) is 52.3 Å². The van der Waals surface area contributed by atoms with Crippen LogP contribution in [0, 0.1) is 11.8 Å². The van der Waals surface area contributed by atoms with Crippen LogP contribution in [0.5, 0.6) is 0 Å². The Hall–Kier alpha value is -1.95. The molecule has 0 aliphatic rings. The Kier molecular flexibility index (Phi) is 5.26. The van der Waals surface area contributed by atoms with E-state index >= 15 is 0 Å². The summed E-state index contributed by atoms with van der Waals surface area (Å²) in [7, 11) is 0. The molecule has 0 aromatic heterocycles. The van der Waals surface area contributed by atoms with E-state index in [0.29, 0.717) is 18.2 Å². The number of carbonyl (C=O) groups excluding carboxylic acids is 1. The minimum atomic E-state index is -0.302. The number of esters is 1. The zero-order valence-corrected chi connectivity index (χ0v) is 11.1. The Balaban J connectivity index is 2.81. The number of hydrogen-bond donors (Lipinski definition) is 1. The van der Waals surface area contributed by atoms with Crippen molar-refractivity contribution in [2.75, 3.05) is 12.3 Å². The van der Waals surface area contributed by atoms with Crippen LogP contribution in [0.1, 0.15) is 44.2 Å². The quantitative estimate of drug-likeness (QED) is 0.506. The van der Waals surface area contributed by atoms with Gasteiger partial charge in [-0.15, -0.1) is 0 Å². The van der Waals surface area contributed by atoms with Crippen molar-refractivity contribution >= 4 is 11.7 Å². The molecule has 0 saturated heterocycles. The second-order valence-electron chi connectivity index (χ2n) is 4.28. The van der Waals surface area contributed by atoms with Crippen LogP contribution in [0.15, 0.2) is 18.2 Å². The molecular weight excluding hydrogens is 226 g/mol. The first-order valence-corrected chi connectivity index (χ1v) is 6.08. The Morgan fingerprint density at radius 3 is 2.78 bits per heavy atom. The van der Waals surface area contributed by atoms with E-state index in [1.807, 2.05) is 18.2 Å². The van der Waals surface area contributed by atoms with Crippen LogP contribution in [0.25, 0.3) is 0 Å². The second-order valence-corrected chi connectivity index (χ2v) is 4.28. The summed E-state index contributed by atoms with van der Waals surface area (Å²) in [5.41, 5.74) is 8.44. The SMILES string of the molecule is CCOC(=O)CC#Cc1cc(C(C)C)ccc1N. The van der Waals surface area contributed by atoms with Gasteiger partial charge in [-0.05, 0) is 30.5 Å². The molecule has 0 fully saturated rings. The van der Waals surface area contributed by atoms with Crippen LogP contribution in [0.2, 0.25) is 0 Å². The molecule has 0 amide bonds. The monoisotopic (exact) mass is 245 g/mol. The first-order chi connectivity index (χ1) is 8.54. The van der Waals surface area contributed by atoms with Crippen molar-refractivity contribution in [3.8, 4) is 11.8 Å². The molecule has 0 spiro atoms. The Morgan fingerprint density at radius 1 is 1.44 bits per heavy atom. The molecule has 0 aliphatic carbocycles. The van der Waals surface area contributed by atoms with E-state index in [-0.39, 0.29) is 12.4 Å². The molecule has 1 rings (SSSR count). The first kappa shape index (κ1) is 14.1. The first-order valence-electron chi connectivity index (χ1n) is 6.08. The zero-order valence-electron chi connectivity index (χ0n) is 11.1. The maximum Gasteiger partial charge on any atom is 0.317 e. The van der Waals surface area contributed by atoms with Gasteiger partial charge < -0.3 is 10.5 Å². The number of carbonyl (C=O) groups is 1. The highest BCUT2D eigenvalue weighted by Gasteiger charge is 2.02. The van der Waals surface area contributed by atoms with Crippen LogP contribution in [0.4, 0.5) is 5.69 Å². The van der Waals surface area contributed by atoms with E-state index in [1.54, 1.807) is 6.92 Å². The lowest BCUT2D eigenvalue weighted by Crippen LogP contribution is -2.01. The van der Waals surface area contributed by atoms with Gasteiger partial charge in [-0.2, -0.15) is 0 Å². The van der Waals surface area contributed by atoms with Crippen LogP contribution in [0.3, 0.4) is 0 Å². The summed E-state index contributed by atoms with van der Waals surface area (Å²) in [4.78, 5) is 11.1. The van der Waals surface area contributed by atoms with Gasteiger partial charge >= 0.3 is 5.97 Å². The smallest absolute Gasteiger partial charge is 0.317 e. The summed E-state index contributed by atoms with van der Waals surface area (Å²) in [5.74, 6) is 5.84.